The lowest BCUT2D eigenvalue weighted by molar-refractivity contribution is -0.138. The van der Waals surface area contributed by atoms with Crippen molar-refractivity contribution in [3.63, 3.8) is 0 Å². The Labute approximate surface area is 151 Å². The number of aromatic amines is 1. The minimum atomic E-state index is -4.41. The van der Waals surface area contributed by atoms with Gasteiger partial charge in [0.25, 0.3) is 5.56 Å². The first-order valence-electron chi connectivity index (χ1n) is 8.23. The van der Waals surface area contributed by atoms with Crippen molar-refractivity contribution in [2.24, 2.45) is 0 Å². The molecule has 0 amide bonds. The molecule has 2 aromatic heterocycles. The fourth-order valence-corrected chi connectivity index (χ4v) is 3.12. The monoisotopic (exact) mass is 369 g/mol. The number of fused-ring (bicyclic) bond motifs is 3. The van der Waals surface area contributed by atoms with Crippen LogP contribution in [-0.2, 0) is 12.7 Å². The molecule has 136 valence electrons. The van der Waals surface area contributed by atoms with Crippen LogP contribution in [0.25, 0.3) is 21.8 Å². The van der Waals surface area contributed by atoms with Crippen molar-refractivity contribution in [3.8, 4) is 0 Å². The SMILES string of the molecule is O=c1[nH]c2ncccc2c2cc(NCc3ccccc3C(F)(F)F)ccc12. The Bertz CT molecular complexity index is 1200. The molecule has 4 rings (SSSR count). The van der Waals surface area contributed by atoms with Crippen molar-refractivity contribution in [1.82, 2.24) is 9.97 Å². The average molecular weight is 369 g/mol. The van der Waals surface area contributed by atoms with Crippen molar-refractivity contribution < 1.29 is 13.2 Å². The van der Waals surface area contributed by atoms with Crippen LogP contribution in [0.4, 0.5) is 18.9 Å². The first kappa shape index (κ1) is 17.1. The van der Waals surface area contributed by atoms with Gasteiger partial charge < -0.3 is 10.3 Å². The summed E-state index contributed by atoms with van der Waals surface area (Å²) < 4.78 is 39.4. The van der Waals surface area contributed by atoms with E-state index in [-0.39, 0.29) is 17.7 Å². The summed E-state index contributed by atoms with van der Waals surface area (Å²) in [5.41, 5.74) is 0.321. The van der Waals surface area contributed by atoms with E-state index < -0.39 is 11.7 Å². The first-order chi connectivity index (χ1) is 12.9. The molecule has 0 aliphatic rings. The van der Waals surface area contributed by atoms with E-state index in [1.807, 2.05) is 6.07 Å². The third kappa shape index (κ3) is 3.23. The Morgan fingerprint density at radius 3 is 2.59 bits per heavy atom. The van der Waals surface area contributed by atoms with Crippen molar-refractivity contribution in [3.05, 3.63) is 82.3 Å². The molecule has 4 nitrogen and oxygen atoms in total. The minimum Gasteiger partial charge on any atom is -0.381 e. The third-order valence-corrected chi connectivity index (χ3v) is 4.40. The van der Waals surface area contributed by atoms with Crippen LogP contribution < -0.4 is 10.9 Å². The minimum absolute atomic E-state index is 0.0144. The zero-order valence-electron chi connectivity index (χ0n) is 14.0. The number of nitrogens with zero attached hydrogens (tertiary/aromatic N) is 1. The number of rotatable bonds is 3. The van der Waals surface area contributed by atoms with Gasteiger partial charge in [-0.2, -0.15) is 13.2 Å². The number of H-pyrrole nitrogens is 1. The number of benzene rings is 2. The molecule has 7 heteroatoms. The lowest BCUT2D eigenvalue weighted by Crippen LogP contribution is -2.12. The van der Waals surface area contributed by atoms with E-state index in [9.17, 15) is 18.0 Å². The van der Waals surface area contributed by atoms with Crippen molar-refractivity contribution in [2.75, 3.05) is 5.32 Å². The zero-order valence-corrected chi connectivity index (χ0v) is 14.0. The molecule has 2 N–H and O–H groups in total. The molecule has 0 fully saturated rings. The maximum absolute atomic E-state index is 13.1. The summed E-state index contributed by atoms with van der Waals surface area (Å²) in [4.78, 5) is 19.1. The summed E-state index contributed by atoms with van der Waals surface area (Å²) in [5, 5.41) is 4.97. The Morgan fingerprint density at radius 1 is 0.963 bits per heavy atom. The van der Waals surface area contributed by atoms with Gasteiger partial charge in [0, 0.05) is 34.6 Å². The van der Waals surface area contributed by atoms with Crippen LogP contribution in [0, 0.1) is 0 Å². The predicted molar refractivity (Wildman–Crippen MR) is 98.6 cm³/mol. The Hall–Kier alpha value is -3.35. The topological polar surface area (TPSA) is 57.8 Å². The summed E-state index contributed by atoms with van der Waals surface area (Å²) in [7, 11) is 0. The highest BCUT2D eigenvalue weighted by molar-refractivity contribution is 6.05. The second kappa shape index (κ2) is 6.42. The Morgan fingerprint density at radius 2 is 1.78 bits per heavy atom. The van der Waals surface area contributed by atoms with Gasteiger partial charge >= 0.3 is 6.18 Å². The summed E-state index contributed by atoms with van der Waals surface area (Å²) in [6.07, 6.45) is -2.82. The number of halogens is 3. The van der Waals surface area contributed by atoms with Crippen LogP contribution in [0.2, 0.25) is 0 Å². The second-order valence-corrected chi connectivity index (χ2v) is 6.12. The predicted octanol–water partition coefficient (Wildman–Crippen LogP) is 4.71. The lowest BCUT2D eigenvalue weighted by Gasteiger charge is -2.14. The van der Waals surface area contributed by atoms with E-state index in [1.54, 1.807) is 36.5 Å². The molecule has 0 saturated heterocycles. The summed E-state index contributed by atoms with van der Waals surface area (Å²) in [5.74, 6) is 0. The smallest absolute Gasteiger partial charge is 0.381 e. The molecule has 0 radical (unpaired) electrons. The van der Waals surface area contributed by atoms with Crippen molar-refractivity contribution >= 4 is 27.5 Å². The molecule has 0 aliphatic heterocycles. The lowest BCUT2D eigenvalue weighted by atomic mass is 10.1. The van der Waals surface area contributed by atoms with Crippen molar-refractivity contribution in [1.29, 1.82) is 0 Å². The number of hydrogen-bond donors (Lipinski definition) is 2. The van der Waals surface area contributed by atoms with Crippen LogP contribution in [0.3, 0.4) is 0 Å². The molecule has 0 bridgehead atoms. The molecule has 0 aliphatic carbocycles. The van der Waals surface area contributed by atoms with Crippen LogP contribution in [0.5, 0.6) is 0 Å². The normalized spacial score (nSPS) is 11.8. The van der Waals surface area contributed by atoms with Gasteiger partial charge in [-0.25, -0.2) is 4.98 Å². The second-order valence-electron chi connectivity index (χ2n) is 6.12. The highest BCUT2D eigenvalue weighted by atomic mass is 19.4. The molecule has 0 atom stereocenters. The number of nitrogens with one attached hydrogen (secondary N) is 2. The summed E-state index contributed by atoms with van der Waals surface area (Å²) in [6.45, 7) is 0.0144. The number of pyridine rings is 2. The standard InChI is InChI=1S/C20H14F3N3O/c21-20(22,23)17-6-2-1-4-12(17)11-25-13-7-8-15-16(10-13)14-5-3-9-24-18(14)26-19(15)27/h1-10,25H,11H2,(H,24,26,27). The van der Waals surface area contributed by atoms with Gasteiger partial charge in [0.15, 0.2) is 0 Å². The molecule has 4 aromatic rings. The van der Waals surface area contributed by atoms with Gasteiger partial charge in [0.1, 0.15) is 5.65 Å². The van der Waals surface area contributed by atoms with E-state index in [0.717, 1.165) is 11.5 Å². The quantitative estimate of drug-likeness (QED) is 0.515. The highest BCUT2D eigenvalue weighted by Crippen LogP contribution is 2.32. The molecule has 27 heavy (non-hydrogen) atoms. The Kier molecular flexibility index (Phi) is 4.07. The van der Waals surface area contributed by atoms with Gasteiger partial charge in [0.05, 0.1) is 5.56 Å². The van der Waals surface area contributed by atoms with E-state index in [4.69, 9.17) is 0 Å². The molecular weight excluding hydrogens is 355 g/mol. The van der Waals surface area contributed by atoms with Crippen molar-refractivity contribution in [2.45, 2.75) is 12.7 Å². The highest BCUT2D eigenvalue weighted by Gasteiger charge is 2.32. The Balaban J connectivity index is 1.72. The molecule has 0 saturated carbocycles. The average Bonchev–Trinajstić information content (AvgIpc) is 2.66. The maximum atomic E-state index is 13.1. The van der Waals surface area contributed by atoms with Gasteiger partial charge in [-0.3, -0.25) is 4.79 Å². The summed E-state index contributed by atoms with van der Waals surface area (Å²) >= 11 is 0. The van der Waals surface area contributed by atoms with Gasteiger partial charge in [0.2, 0.25) is 0 Å². The zero-order chi connectivity index (χ0) is 19.0. The molecule has 0 spiro atoms. The van der Waals surface area contributed by atoms with E-state index in [1.165, 1.54) is 12.1 Å². The third-order valence-electron chi connectivity index (χ3n) is 4.40. The maximum Gasteiger partial charge on any atom is 0.416 e. The van der Waals surface area contributed by atoms with Gasteiger partial charge in [-0.1, -0.05) is 18.2 Å². The van der Waals surface area contributed by atoms with E-state index >= 15 is 0 Å². The van der Waals surface area contributed by atoms with E-state index in [2.05, 4.69) is 15.3 Å². The van der Waals surface area contributed by atoms with Crippen LogP contribution >= 0.6 is 0 Å². The molecule has 0 unspecified atom stereocenters. The fourth-order valence-electron chi connectivity index (χ4n) is 3.12. The van der Waals surface area contributed by atoms with Gasteiger partial charge in [-0.05, 0) is 42.0 Å². The molecule has 2 heterocycles. The first-order valence-corrected chi connectivity index (χ1v) is 8.23. The van der Waals surface area contributed by atoms with Crippen LogP contribution in [0.1, 0.15) is 11.1 Å². The van der Waals surface area contributed by atoms with E-state index in [0.29, 0.717) is 22.1 Å². The summed E-state index contributed by atoms with van der Waals surface area (Å²) in [6, 6.07) is 14.1. The van der Waals surface area contributed by atoms with Gasteiger partial charge in [-0.15, -0.1) is 0 Å². The number of hydrogen-bond acceptors (Lipinski definition) is 3. The number of alkyl halides is 3. The number of anilines is 1. The number of aromatic nitrogens is 2. The van der Waals surface area contributed by atoms with Crippen LogP contribution in [-0.4, -0.2) is 9.97 Å². The molecular formula is C20H14F3N3O. The molecule has 2 aromatic carbocycles. The fraction of sp³-hybridized carbons (Fsp3) is 0.100. The van der Waals surface area contributed by atoms with Crippen LogP contribution in [0.15, 0.2) is 65.6 Å². The largest absolute Gasteiger partial charge is 0.416 e.